The summed E-state index contributed by atoms with van der Waals surface area (Å²) in [7, 11) is 0. The highest BCUT2D eigenvalue weighted by atomic mass is 79.9. The summed E-state index contributed by atoms with van der Waals surface area (Å²) in [6, 6.07) is 1.51. The Bertz CT molecular complexity index is 486. The van der Waals surface area contributed by atoms with Crippen LogP contribution in [0.4, 0.5) is 4.39 Å². The topological polar surface area (TPSA) is 44.5 Å². The molecule has 1 saturated carbocycles. The fourth-order valence-corrected chi connectivity index (χ4v) is 2.91. The summed E-state index contributed by atoms with van der Waals surface area (Å²) >= 11 is 3.22. The summed E-state index contributed by atoms with van der Waals surface area (Å²) in [4.78, 5) is 0. The van der Waals surface area contributed by atoms with Gasteiger partial charge in [0.25, 0.3) is 0 Å². The second-order valence-electron chi connectivity index (χ2n) is 4.73. The molecular weight excluding hydrogens is 289 g/mol. The van der Waals surface area contributed by atoms with Crippen LogP contribution < -0.4 is 15.2 Å². The van der Waals surface area contributed by atoms with E-state index in [4.69, 9.17) is 15.2 Å². The summed E-state index contributed by atoms with van der Waals surface area (Å²) in [5, 5.41) is 0. The summed E-state index contributed by atoms with van der Waals surface area (Å²) in [5.74, 6) is 0.852. The van der Waals surface area contributed by atoms with Gasteiger partial charge in [-0.3, -0.25) is 0 Å². The van der Waals surface area contributed by atoms with Crippen LogP contribution in [0.1, 0.15) is 25.3 Å². The minimum atomic E-state index is -0.286. The van der Waals surface area contributed by atoms with Gasteiger partial charge < -0.3 is 15.2 Å². The zero-order chi connectivity index (χ0) is 12.2. The second-order valence-corrected chi connectivity index (χ2v) is 5.58. The van der Waals surface area contributed by atoms with Crippen LogP contribution in [0.2, 0.25) is 0 Å². The van der Waals surface area contributed by atoms with E-state index in [1.165, 1.54) is 0 Å². The minimum Gasteiger partial charge on any atom is -0.454 e. The van der Waals surface area contributed by atoms with E-state index in [2.05, 4.69) is 15.9 Å². The summed E-state index contributed by atoms with van der Waals surface area (Å²) in [6.07, 6.45) is 1.79. The molecule has 1 fully saturated rings. The van der Waals surface area contributed by atoms with Gasteiger partial charge in [-0.2, -0.15) is 0 Å². The van der Waals surface area contributed by atoms with Crippen LogP contribution in [-0.2, 0) is 5.41 Å². The zero-order valence-corrected chi connectivity index (χ0v) is 11.0. The van der Waals surface area contributed by atoms with Gasteiger partial charge in [0, 0.05) is 23.1 Å². The molecule has 92 valence electrons. The Morgan fingerprint density at radius 1 is 1.47 bits per heavy atom. The molecule has 0 radical (unpaired) electrons. The molecule has 1 atom stereocenters. The standard InChI is InChI=1S/C12H13BrFNO2/c1-6(15)12(2-3-12)9-10(14)7(13)4-8-11(9)17-5-16-8/h4,6H,2-3,5,15H2,1H3. The van der Waals surface area contributed by atoms with E-state index in [0.29, 0.717) is 21.5 Å². The summed E-state index contributed by atoms with van der Waals surface area (Å²) in [6.45, 7) is 2.06. The maximum atomic E-state index is 14.3. The highest BCUT2D eigenvalue weighted by molar-refractivity contribution is 9.10. The molecule has 1 aliphatic carbocycles. The van der Waals surface area contributed by atoms with Crippen LogP contribution in [0.25, 0.3) is 0 Å². The van der Waals surface area contributed by atoms with Gasteiger partial charge in [-0.25, -0.2) is 4.39 Å². The van der Waals surface area contributed by atoms with E-state index in [9.17, 15) is 4.39 Å². The maximum absolute atomic E-state index is 14.3. The van der Waals surface area contributed by atoms with Crippen molar-refractivity contribution in [2.45, 2.75) is 31.2 Å². The Balaban J connectivity index is 2.22. The lowest BCUT2D eigenvalue weighted by atomic mass is 9.88. The molecule has 0 spiro atoms. The van der Waals surface area contributed by atoms with Crippen LogP contribution in [0.3, 0.4) is 0 Å². The molecule has 1 heterocycles. The molecule has 2 N–H and O–H groups in total. The molecule has 1 aromatic rings. The van der Waals surface area contributed by atoms with Crippen molar-refractivity contribution in [3.8, 4) is 11.5 Å². The zero-order valence-electron chi connectivity index (χ0n) is 9.43. The van der Waals surface area contributed by atoms with Crippen LogP contribution in [0.5, 0.6) is 11.5 Å². The lowest BCUT2D eigenvalue weighted by molar-refractivity contribution is 0.172. The van der Waals surface area contributed by atoms with Crippen molar-refractivity contribution < 1.29 is 13.9 Å². The number of fused-ring (bicyclic) bond motifs is 1. The van der Waals surface area contributed by atoms with Gasteiger partial charge in [0.1, 0.15) is 5.82 Å². The Kier molecular flexibility index (Phi) is 2.38. The van der Waals surface area contributed by atoms with Gasteiger partial charge >= 0.3 is 0 Å². The monoisotopic (exact) mass is 301 g/mol. The second kappa shape index (κ2) is 3.59. The first-order chi connectivity index (χ1) is 8.06. The van der Waals surface area contributed by atoms with Crippen LogP contribution >= 0.6 is 15.9 Å². The van der Waals surface area contributed by atoms with Crippen molar-refractivity contribution >= 4 is 15.9 Å². The van der Waals surface area contributed by atoms with Gasteiger partial charge in [0.15, 0.2) is 11.5 Å². The fourth-order valence-electron chi connectivity index (χ4n) is 2.50. The third-order valence-corrected chi connectivity index (χ3v) is 4.29. The number of ether oxygens (including phenoxy) is 2. The molecule has 1 aromatic carbocycles. The van der Waals surface area contributed by atoms with Crippen molar-refractivity contribution in [1.82, 2.24) is 0 Å². The highest BCUT2D eigenvalue weighted by Gasteiger charge is 2.52. The Morgan fingerprint density at radius 2 is 2.18 bits per heavy atom. The lowest BCUT2D eigenvalue weighted by Crippen LogP contribution is -2.32. The summed E-state index contributed by atoms with van der Waals surface area (Å²) in [5.41, 5.74) is 6.29. The lowest BCUT2D eigenvalue weighted by Gasteiger charge is -2.22. The molecule has 2 aliphatic rings. The molecule has 5 heteroatoms. The number of halogens is 2. The molecule has 17 heavy (non-hydrogen) atoms. The normalized spacial score (nSPS) is 21.4. The molecule has 0 saturated heterocycles. The number of benzene rings is 1. The van der Waals surface area contributed by atoms with E-state index >= 15 is 0 Å². The SMILES string of the molecule is CC(N)C1(c2c(F)c(Br)cc3c2OCO3)CC1. The summed E-state index contributed by atoms with van der Waals surface area (Å²) < 4.78 is 25.4. The predicted octanol–water partition coefficient (Wildman–Crippen LogP) is 2.70. The van der Waals surface area contributed by atoms with E-state index in [0.717, 1.165) is 12.8 Å². The van der Waals surface area contributed by atoms with Crippen LogP contribution in [0.15, 0.2) is 10.5 Å². The number of hydrogen-bond donors (Lipinski definition) is 1. The van der Waals surface area contributed by atoms with Crippen LogP contribution in [0, 0.1) is 5.82 Å². The quantitative estimate of drug-likeness (QED) is 0.913. The molecule has 1 unspecified atom stereocenters. The molecule has 3 rings (SSSR count). The molecular formula is C12H13BrFNO2. The van der Waals surface area contributed by atoms with E-state index in [-0.39, 0.29) is 24.1 Å². The Labute approximate surface area is 107 Å². The van der Waals surface area contributed by atoms with E-state index in [1.54, 1.807) is 6.07 Å². The smallest absolute Gasteiger partial charge is 0.231 e. The minimum absolute atomic E-state index is 0.0976. The molecule has 0 bridgehead atoms. The third kappa shape index (κ3) is 1.48. The average Bonchev–Trinajstić information content (AvgIpc) is 2.95. The number of rotatable bonds is 2. The van der Waals surface area contributed by atoms with Gasteiger partial charge in [-0.1, -0.05) is 0 Å². The first-order valence-electron chi connectivity index (χ1n) is 5.60. The van der Waals surface area contributed by atoms with Gasteiger partial charge in [0.2, 0.25) is 6.79 Å². The van der Waals surface area contributed by atoms with Crippen molar-refractivity contribution in [2.24, 2.45) is 5.73 Å². The van der Waals surface area contributed by atoms with Crippen molar-refractivity contribution in [3.05, 3.63) is 21.9 Å². The fraction of sp³-hybridized carbons (Fsp3) is 0.500. The first kappa shape index (κ1) is 11.3. The van der Waals surface area contributed by atoms with Crippen molar-refractivity contribution in [2.75, 3.05) is 6.79 Å². The molecule has 0 amide bonds. The van der Waals surface area contributed by atoms with Gasteiger partial charge in [-0.05, 0) is 35.7 Å². The maximum Gasteiger partial charge on any atom is 0.231 e. The Hall–Kier alpha value is -0.810. The van der Waals surface area contributed by atoms with Crippen molar-refractivity contribution in [1.29, 1.82) is 0 Å². The third-order valence-electron chi connectivity index (χ3n) is 3.71. The predicted molar refractivity (Wildman–Crippen MR) is 64.8 cm³/mol. The number of nitrogens with two attached hydrogens (primary N) is 1. The van der Waals surface area contributed by atoms with E-state index in [1.807, 2.05) is 6.92 Å². The Morgan fingerprint density at radius 3 is 2.76 bits per heavy atom. The largest absolute Gasteiger partial charge is 0.454 e. The highest BCUT2D eigenvalue weighted by Crippen LogP contribution is 2.57. The van der Waals surface area contributed by atoms with E-state index < -0.39 is 0 Å². The van der Waals surface area contributed by atoms with Crippen molar-refractivity contribution in [3.63, 3.8) is 0 Å². The number of hydrogen-bond acceptors (Lipinski definition) is 3. The average molecular weight is 302 g/mol. The van der Waals surface area contributed by atoms with Gasteiger partial charge in [0.05, 0.1) is 4.47 Å². The first-order valence-corrected chi connectivity index (χ1v) is 6.39. The molecule has 0 aromatic heterocycles. The molecule has 1 aliphatic heterocycles. The van der Waals surface area contributed by atoms with Gasteiger partial charge in [-0.15, -0.1) is 0 Å². The van der Waals surface area contributed by atoms with Crippen LogP contribution in [-0.4, -0.2) is 12.8 Å². The molecule has 3 nitrogen and oxygen atoms in total.